The number of para-hydroxylation sites is 1. The molecule has 0 aliphatic rings. The first-order valence-corrected chi connectivity index (χ1v) is 6.25. The van der Waals surface area contributed by atoms with Crippen LogP contribution < -0.4 is 4.74 Å². The Kier molecular flexibility index (Phi) is 4.74. The number of nitrogens with zero attached hydrogens (tertiary/aromatic N) is 4. The molecule has 9 heteroatoms. The highest BCUT2D eigenvalue weighted by Gasteiger charge is 2.25. The van der Waals surface area contributed by atoms with E-state index in [4.69, 9.17) is 15.0 Å². The molecular formula is C13H11N5O4. The van der Waals surface area contributed by atoms with Crippen LogP contribution in [-0.4, -0.2) is 28.7 Å². The summed E-state index contributed by atoms with van der Waals surface area (Å²) in [5, 5.41) is 9.31. The Balaban J connectivity index is 2.32. The van der Waals surface area contributed by atoms with Crippen LogP contribution in [0.25, 0.3) is 10.4 Å². The minimum Gasteiger partial charge on any atom is -0.461 e. The van der Waals surface area contributed by atoms with Crippen LogP contribution in [0.1, 0.15) is 27.9 Å². The van der Waals surface area contributed by atoms with E-state index < -0.39 is 11.9 Å². The van der Waals surface area contributed by atoms with Gasteiger partial charge in [-0.05, 0) is 24.6 Å². The largest absolute Gasteiger partial charge is 0.461 e. The number of esters is 2. The number of aromatic nitrogens is 2. The van der Waals surface area contributed by atoms with Gasteiger partial charge in [0.15, 0.2) is 11.4 Å². The van der Waals surface area contributed by atoms with Crippen LogP contribution in [0.5, 0.6) is 5.75 Å². The summed E-state index contributed by atoms with van der Waals surface area (Å²) in [4.78, 5) is 26.3. The van der Waals surface area contributed by atoms with Gasteiger partial charge in [0.05, 0.1) is 6.61 Å². The van der Waals surface area contributed by atoms with Crippen molar-refractivity contribution in [1.29, 1.82) is 0 Å². The van der Waals surface area contributed by atoms with Gasteiger partial charge in [-0.25, -0.2) is 9.59 Å². The highest BCUT2D eigenvalue weighted by Crippen LogP contribution is 2.24. The molecule has 0 unspecified atom stereocenters. The van der Waals surface area contributed by atoms with Gasteiger partial charge in [-0.2, -0.15) is 5.10 Å². The monoisotopic (exact) mass is 301 g/mol. The second kappa shape index (κ2) is 6.91. The highest BCUT2D eigenvalue weighted by atomic mass is 16.5. The average molecular weight is 301 g/mol. The minimum absolute atomic E-state index is 0.122. The lowest BCUT2D eigenvalue weighted by Gasteiger charge is -2.02. The lowest BCUT2D eigenvalue weighted by molar-refractivity contribution is 0.0520. The molecule has 0 fully saturated rings. The standard InChI is InChI=1S/C13H11N5O4/c1-2-21-12(19)10-9(17-18-14)11(16-15-10)13(20)22-8-6-4-3-5-7-8/h3-7H,2H2,1H3,(H,15,16). The zero-order valence-corrected chi connectivity index (χ0v) is 11.5. The van der Waals surface area contributed by atoms with Gasteiger partial charge >= 0.3 is 11.9 Å². The Hall–Kier alpha value is -3.32. The molecule has 0 amide bonds. The van der Waals surface area contributed by atoms with E-state index >= 15 is 0 Å². The summed E-state index contributed by atoms with van der Waals surface area (Å²) in [5.74, 6) is -1.35. The lowest BCUT2D eigenvalue weighted by atomic mass is 10.3. The van der Waals surface area contributed by atoms with E-state index in [1.54, 1.807) is 37.3 Å². The van der Waals surface area contributed by atoms with Crippen molar-refractivity contribution >= 4 is 17.6 Å². The Morgan fingerprint density at radius 1 is 1.32 bits per heavy atom. The maximum Gasteiger partial charge on any atom is 0.364 e. The molecule has 0 aliphatic carbocycles. The van der Waals surface area contributed by atoms with Crippen molar-refractivity contribution in [2.45, 2.75) is 6.92 Å². The summed E-state index contributed by atoms with van der Waals surface area (Å²) in [7, 11) is 0. The van der Waals surface area contributed by atoms with E-state index in [0.29, 0.717) is 5.75 Å². The smallest absolute Gasteiger partial charge is 0.364 e. The molecule has 1 heterocycles. The summed E-state index contributed by atoms with van der Waals surface area (Å²) in [6, 6.07) is 8.28. The fraction of sp³-hybridized carbons (Fsp3) is 0.154. The van der Waals surface area contributed by atoms with E-state index in [0.717, 1.165) is 0 Å². The van der Waals surface area contributed by atoms with Crippen molar-refractivity contribution in [3.63, 3.8) is 0 Å². The number of hydrogen-bond donors (Lipinski definition) is 1. The molecular weight excluding hydrogens is 290 g/mol. The minimum atomic E-state index is -0.861. The van der Waals surface area contributed by atoms with Crippen LogP contribution in [-0.2, 0) is 4.74 Å². The molecule has 0 bridgehead atoms. The molecule has 0 aliphatic heterocycles. The third kappa shape index (κ3) is 3.22. The van der Waals surface area contributed by atoms with Crippen molar-refractivity contribution < 1.29 is 19.1 Å². The van der Waals surface area contributed by atoms with E-state index in [2.05, 4.69) is 20.2 Å². The maximum absolute atomic E-state index is 12.1. The van der Waals surface area contributed by atoms with Gasteiger partial charge in [-0.15, -0.1) is 0 Å². The predicted octanol–water partition coefficient (Wildman–Crippen LogP) is 2.75. The molecule has 22 heavy (non-hydrogen) atoms. The van der Waals surface area contributed by atoms with Crippen LogP contribution in [0, 0.1) is 0 Å². The second-order valence-electron chi connectivity index (χ2n) is 3.91. The van der Waals surface area contributed by atoms with Crippen molar-refractivity contribution in [2.24, 2.45) is 5.11 Å². The topological polar surface area (TPSA) is 130 Å². The molecule has 2 aromatic rings. The molecule has 0 saturated heterocycles. The second-order valence-corrected chi connectivity index (χ2v) is 3.91. The van der Waals surface area contributed by atoms with E-state index in [9.17, 15) is 9.59 Å². The van der Waals surface area contributed by atoms with Crippen LogP contribution >= 0.6 is 0 Å². The number of ether oxygens (including phenoxy) is 2. The molecule has 1 N–H and O–H groups in total. The van der Waals surface area contributed by atoms with E-state index in [1.165, 1.54) is 0 Å². The maximum atomic E-state index is 12.1. The normalized spacial score (nSPS) is 9.68. The number of azide groups is 1. The van der Waals surface area contributed by atoms with Gasteiger partial charge in [-0.3, -0.25) is 5.10 Å². The average Bonchev–Trinajstić information content (AvgIpc) is 2.93. The molecule has 1 aromatic carbocycles. The van der Waals surface area contributed by atoms with E-state index in [1.807, 2.05) is 0 Å². The van der Waals surface area contributed by atoms with Gasteiger partial charge in [-0.1, -0.05) is 23.3 Å². The number of rotatable bonds is 5. The fourth-order valence-electron chi connectivity index (χ4n) is 1.61. The SMILES string of the molecule is CCOC(=O)c1[nH]nc(C(=O)Oc2ccccc2)c1N=[N+]=[N-]. The van der Waals surface area contributed by atoms with Crippen molar-refractivity contribution in [1.82, 2.24) is 10.2 Å². The summed E-state index contributed by atoms with van der Waals surface area (Å²) in [6.45, 7) is 1.74. The Morgan fingerprint density at radius 3 is 2.68 bits per heavy atom. The Bertz CT molecular complexity index is 734. The third-order valence-electron chi connectivity index (χ3n) is 2.51. The highest BCUT2D eigenvalue weighted by molar-refractivity contribution is 6.01. The molecule has 2 rings (SSSR count). The molecule has 0 radical (unpaired) electrons. The van der Waals surface area contributed by atoms with Crippen molar-refractivity contribution in [2.75, 3.05) is 6.61 Å². The zero-order valence-electron chi connectivity index (χ0n) is 11.5. The van der Waals surface area contributed by atoms with Gasteiger partial charge in [0.1, 0.15) is 11.4 Å². The summed E-state index contributed by atoms with van der Waals surface area (Å²) < 4.78 is 9.86. The fourth-order valence-corrected chi connectivity index (χ4v) is 1.61. The molecule has 1 aromatic heterocycles. The number of aromatic amines is 1. The first kappa shape index (κ1) is 15.1. The zero-order chi connectivity index (χ0) is 15.9. The molecule has 112 valence electrons. The molecule has 0 saturated carbocycles. The molecule has 0 atom stereocenters. The summed E-state index contributed by atoms with van der Waals surface area (Å²) >= 11 is 0. The van der Waals surface area contributed by atoms with Crippen LogP contribution in [0.15, 0.2) is 35.4 Å². The number of H-pyrrole nitrogens is 1. The third-order valence-corrected chi connectivity index (χ3v) is 2.51. The van der Waals surface area contributed by atoms with Gasteiger partial charge in [0, 0.05) is 4.91 Å². The Labute approximate surface area is 124 Å². The number of nitrogens with one attached hydrogen (secondary N) is 1. The van der Waals surface area contributed by atoms with E-state index in [-0.39, 0.29) is 23.7 Å². The quantitative estimate of drug-likeness (QED) is 0.298. The number of hydrogen-bond acceptors (Lipinski definition) is 6. The van der Waals surface area contributed by atoms with Gasteiger partial charge < -0.3 is 9.47 Å². The van der Waals surface area contributed by atoms with Crippen molar-refractivity contribution in [3.8, 4) is 5.75 Å². The van der Waals surface area contributed by atoms with Gasteiger partial charge in [0.2, 0.25) is 0 Å². The predicted molar refractivity (Wildman–Crippen MR) is 74.8 cm³/mol. The Morgan fingerprint density at radius 2 is 2.05 bits per heavy atom. The lowest BCUT2D eigenvalue weighted by Crippen LogP contribution is -2.09. The number of benzene rings is 1. The molecule has 0 spiro atoms. The summed E-state index contributed by atoms with van der Waals surface area (Å²) in [5.41, 5.74) is 7.81. The molecule has 9 nitrogen and oxygen atoms in total. The van der Waals surface area contributed by atoms with Crippen LogP contribution in [0.2, 0.25) is 0 Å². The number of carbonyl (C=O) groups excluding carboxylic acids is 2. The number of carbonyl (C=O) groups is 2. The van der Waals surface area contributed by atoms with Gasteiger partial charge in [0.25, 0.3) is 0 Å². The first-order chi connectivity index (χ1) is 10.7. The van der Waals surface area contributed by atoms with Crippen molar-refractivity contribution in [3.05, 3.63) is 52.2 Å². The van der Waals surface area contributed by atoms with Crippen LogP contribution in [0.4, 0.5) is 5.69 Å². The first-order valence-electron chi connectivity index (χ1n) is 6.25. The summed E-state index contributed by atoms with van der Waals surface area (Å²) in [6.07, 6.45) is 0. The van der Waals surface area contributed by atoms with Crippen LogP contribution in [0.3, 0.4) is 0 Å².